The first-order valence-corrected chi connectivity index (χ1v) is 7.40. The molecule has 5 heteroatoms. The van der Waals surface area contributed by atoms with Crippen molar-refractivity contribution in [3.05, 3.63) is 29.8 Å². The molecule has 0 aromatic heterocycles. The Morgan fingerprint density at radius 1 is 1.10 bits per heavy atom. The third kappa shape index (κ3) is 3.79. The lowest BCUT2D eigenvalue weighted by Crippen LogP contribution is -2.41. The Labute approximate surface area is 127 Å². The molecule has 1 fully saturated rings. The van der Waals surface area contributed by atoms with Crippen molar-refractivity contribution in [1.82, 2.24) is 0 Å². The fourth-order valence-corrected chi connectivity index (χ4v) is 2.40. The van der Waals surface area contributed by atoms with Gasteiger partial charge < -0.3 is 19.2 Å². The third-order valence-electron chi connectivity index (χ3n) is 4.40. The van der Waals surface area contributed by atoms with Gasteiger partial charge in [-0.25, -0.2) is 0 Å². The van der Waals surface area contributed by atoms with E-state index in [0.29, 0.717) is 12.7 Å². The summed E-state index contributed by atoms with van der Waals surface area (Å²) in [7, 11) is 1.28. The van der Waals surface area contributed by atoms with Gasteiger partial charge in [0.1, 0.15) is 5.75 Å². The molecule has 0 bridgehead atoms. The first kappa shape index (κ1) is 16.3. The van der Waals surface area contributed by atoms with Crippen LogP contribution < -0.4 is 4.74 Å². The molecule has 0 amide bonds. The molecule has 1 unspecified atom stereocenters. The predicted molar refractivity (Wildman–Crippen MR) is 83.6 cm³/mol. The summed E-state index contributed by atoms with van der Waals surface area (Å²) in [6.45, 7) is 8.07. The lowest BCUT2D eigenvalue weighted by atomic mass is 9.80. The van der Waals surface area contributed by atoms with Gasteiger partial charge in [-0.15, -0.1) is 0 Å². The molecule has 0 spiro atoms. The zero-order chi connectivity index (χ0) is 15.7. The summed E-state index contributed by atoms with van der Waals surface area (Å²) < 4.78 is 16.9. The molecule has 0 aliphatic carbocycles. The van der Waals surface area contributed by atoms with E-state index in [4.69, 9.17) is 14.0 Å². The third-order valence-corrected chi connectivity index (χ3v) is 4.40. The fourth-order valence-electron chi connectivity index (χ4n) is 2.40. The molecule has 1 N–H and O–H groups in total. The highest BCUT2D eigenvalue weighted by molar-refractivity contribution is 6.45. The van der Waals surface area contributed by atoms with Crippen molar-refractivity contribution in [3.63, 3.8) is 0 Å². The summed E-state index contributed by atoms with van der Waals surface area (Å²) in [6.07, 6.45) is 0.556. The number of ether oxygens (including phenoxy) is 1. The molecule has 1 aromatic carbocycles. The van der Waals surface area contributed by atoms with Gasteiger partial charge in [0.25, 0.3) is 0 Å². The van der Waals surface area contributed by atoms with E-state index in [1.807, 2.05) is 52.0 Å². The molecule has 1 aliphatic heterocycles. The number of benzene rings is 1. The van der Waals surface area contributed by atoms with Crippen LogP contribution in [0.25, 0.3) is 0 Å². The van der Waals surface area contributed by atoms with Crippen LogP contribution in [0.5, 0.6) is 5.75 Å². The summed E-state index contributed by atoms with van der Waals surface area (Å²) >= 11 is 0. The van der Waals surface area contributed by atoms with Gasteiger partial charge in [0.2, 0.25) is 0 Å². The van der Waals surface area contributed by atoms with Crippen LogP contribution in [-0.4, -0.2) is 36.6 Å². The molecule has 1 aliphatic rings. The van der Waals surface area contributed by atoms with Gasteiger partial charge in [0.15, 0.2) is 0 Å². The minimum Gasteiger partial charge on any atom is -0.497 e. The maximum Gasteiger partial charge on any atom is 0.460 e. The highest BCUT2D eigenvalue weighted by Gasteiger charge is 2.51. The molecule has 2 rings (SSSR count). The Morgan fingerprint density at radius 2 is 1.62 bits per heavy atom. The van der Waals surface area contributed by atoms with Crippen LogP contribution in [0.2, 0.25) is 6.32 Å². The molecule has 1 aromatic rings. The Kier molecular flexibility index (Phi) is 4.66. The van der Waals surface area contributed by atoms with E-state index in [1.54, 1.807) is 7.11 Å². The predicted octanol–water partition coefficient (Wildman–Crippen LogP) is 2.69. The number of hydrogen-bond donors (Lipinski definition) is 1. The molecule has 1 heterocycles. The van der Waals surface area contributed by atoms with E-state index in [0.717, 1.165) is 11.3 Å². The topological polar surface area (TPSA) is 47.9 Å². The van der Waals surface area contributed by atoms with Crippen molar-refractivity contribution >= 4 is 7.12 Å². The van der Waals surface area contributed by atoms with Crippen molar-refractivity contribution in [2.75, 3.05) is 7.11 Å². The second-order valence-electron chi connectivity index (χ2n) is 6.63. The molecule has 0 radical (unpaired) electrons. The Balaban J connectivity index is 1.89. The van der Waals surface area contributed by atoms with Crippen molar-refractivity contribution < 1.29 is 19.2 Å². The first-order valence-electron chi connectivity index (χ1n) is 7.40. The molecule has 116 valence electrons. The van der Waals surface area contributed by atoms with Crippen LogP contribution in [-0.2, 0) is 15.7 Å². The molecule has 0 saturated carbocycles. The van der Waals surface area contributed by atoms with Crippen molar-refractivity contribution in [2.24, 2.45) is 0 Å². The summed E-state index contributed by atoms with van der Waals surface area (Å²) in [6, 6.07) is 7.73. The lowest BCUT2D eigenvalue weighted by molar-refractivity contribution is 0.00578. The van der Waals surface area contributed by atoms with E-state index in [-0.39, 0.29) is 18.3 Å². The van der Waals surface area contributed by atoms with Crippen LogP contribution in [0.1, 0.15) is 33.3 Å². The standard InChI is InChI=1S/C16H25BO4/c1-15(2)16(3,4)21-17(20-15)11-13(18)10-12-6-8-14(19-5)9-7-12/h6-9,13,18H,10-11H2,1-5H3. The molecule has 21 heavy (non-hydrogen) atoms. The number of hydrogen-bond acceptors (Lipinski definition) is 4. The van der Waals surface area contributed by atoms with Crippen molar-refractivity contribution in [2.45, 2.75) is 57.7 Å². The number of methoxy groups -OCH3 is 1. The van der Waals surface area contributed by atoms with E-state index < -0.39 is 6.10 Å². The average Bonchev–Trinajstić information content (AvgIpc) is 2.57. The van der Waals surface area contributed by atoms with E-state index in [9.17, 15) is 5.11 Å². The van der Waals surface area contributed by atoms with E-state index in [2.05, 4.69) is 0 Å². The molecule has 1 atom stereocenters. The fraction of sp³-hybridized carbons (Fsp3) is 0.625. The van der Waals surface area contributed by atoms with Gasteiger partial charge in [0.05, 0.1) is 24.4 Å². The monoisotopic (exact) mass is 292 g/mol. The minimum absolute atomic E-state index is 0.350. The Bertz CT molecular complexity index is 454. The zero-order valence-electron chi connectivity index (χ0n) is 13.6. The highest BCUT2D eigenvalue weighted by Crippen LogP contribution is 2.38. The molecular formula is C16H25BO4. The van der Waals surface area contributed by atoms with Crippen molar-refractivity contribution in [1.29, 1.82) is 0 Å². The second-order valence-corrected chi connectivity index (χ2v) is 6.63. The van der Waals surface area contributed by atoms with Gasteiger partial charge >= 0.3 is 7.12 Å². The normalized spacial score (nSPS) is 21.3. The van der Waals surface area contributed by atoms with Crippen LogP contribution in [0.3, 0.4) is 0 Å². The maximum absolute atomic E-state index is 10.2. The Morgan fingerprint density at radius 3 is 2.10 bits per heavy atom. The lowest BCUT2D eigenvalue weighted by Gasteiger charge is -2.32. The zero-order valence-corrected chi connectivity index (χ0v) is 13.6. The summed E-state index contributed by atoms with van der Waals surface area (Å²) in [5.41, 5.74) is 0.370. The van der Waals surface area contributed by atoms with Gasteiger partial charge in [-0.2, -0.15) is 0 Å². The molecule has 4 nitrogen and oxygen atoms in total. The van der Waals surface area contributed by atoms with Crippen molar-refractivity contribution in [3.8, 4) is 5.75 Å². The van der Waals surface area contributed by atoms with Crippen LogP contribution >= 0.6 is 0 Å². The van der Waals surface area contributed by atoms with Gasteiger partial charge in [-0.1, -0.05) is 12.1 Å². The number of aliphatic hydroxyl groups is 1. The minimum atomic E-state index is -0.493. The van der Waals surface area contributed by atoms with Crippen LogP contribution in [0, 0.1) is 0 Å². The Hall–Kier alpha value is -1.04. The molecular weight excluding hydrogens is 267 g/mol. The molecule has 1 saturated heterocycles. The largest absolute Gasteiger partial charge is 0.497 e. The summed E-state index contributed by atoms with van der Waals surface area (Å²) in [5.74, 6) is 0.819. The SMILES string of the molecule is COc1ccc(CC(O)CB2OC(C)(C)C(C)(C)O2)cc1. The van der Waals surface area contributed by atoms with Crippen LogP contribution in [0.15, 0.2) is 24.3 Å². The van der Waals surface area contributed by atoms with E-state index in [1.165, 1.54) is 0 Å². The van der Waals surface area contributed by atoms with Crippen LogP contribution in [0.4, 0.5) is 0 Å². The number of aliphatic hydroxyl groups excluding tert-OH is 1. The number of rotatable bonds is 5. The maximum atomic E-state index is 10.2. The average molecular weight is 292 g/mol. The summed E-state index contributed by atoms with van der Waals surface area (Å²) in [5, 5.41) is 10.2. The van der Waals surface area contributed by atoms with E-state index >= 15 is 0 Å². The second kappa shape index (κ2) is 5.99. The van der Waals surface area contributed by atoms with Gasteiger partial charge in [-0.3, -0.25) is 0 Å². The smallest absolute Gasteiger partial charge is 0.460 e. The van der Waals surface area contributed by atoms with Gasteiger partial charge in [0, 0.05) is 6.32 Å². The first-order chi connectivity index (χ1) is 9.73. The highest BCUT2D eigenvalue weighted by atomic mass is 16.7. The summed E-state index contributed by atoms with van der Waals surface area (Å²) in [4.78, 5) is 0. The quantitative estimate of drug-likeness (QED) is 0.848. The van der Waals surface area contributed by atoms with Gasteiger partial charge in [-0.05, 0) is 51.8 Å².